The van der Waals surface area contributed by atoms with Crippen molar-refractivity contribution in [3.8, 4) is 0 Å². The van der Waals surface area contributed by atoms with Gasteiger partial charge in [0, 0.05) is 58.3 Å². The van der Waals surface area contributed by atoms with E-state index in [4.69, 9.17) is 15.2 Å². The number of fused-ring (bicyclic) bond motifs is 2. The Hall–Kier alpha value is -3.40. The van der Waals surface area contributed by atoms with Crippen LogP contribution in [0.2, 0.25) is 0 Å². The molecule has 2 heterocycles. The summed E-state index contributed by atoms with van der Waals surface area (Å²) in [6, 6.07) is 11.5. The van der Waals surface area contributed by atoms with Gasteiger partial charge in [-0.15, -0.1) is 0 Å². The molecule has 0 unspecified atom stereocenters. The van der Waals surface area contributed by atoms with Gasteiger partial charge in [-0.3, -0.25) is 9.59 Å². The van der Waals surface area contributed by atoms with Crippen LogP contribution in [0.15, 0.2) is 40.9 Å². The van der Waals surface area contributed by atoms with E-state index >= 15 is 0 Å². The lowest BCUT2D eigenvalue weighted by Gasteiger charge is -2.38. The van der Waals surface area contributed by atoms with Crippen LogP contribution in [0.3, 0.4) is 0 Å². The molecule has 2 aliphatic heterocycles. The molecule has 248 valence electrons. The van der Waals surface area contributed by atoms with Crippen molar-refractivity contribution in [1.82, 2.24) is 9.80 Å². The lowest BCUT2D eigenvalue weighted by Crippen LogP contribution is -2.47. The van der Waals surface area contributed by atoms with Gasteiger partial charge < -0.3 is 25.0 Å². The first-order valence-electron chi connectivity index (χ1n) is 16.1. The van der Waals surface area contributed by atoms with Crippen LogP contribution in [0.4, 0.5) is 15.3 Å². The van der Waals surface area contributed by atoms with Gasteiger partial charge in [0.2, 0.25) is 0 Å². The smallest absolute Gasteiger partial charge is 0.410 e. The number of nitrogens with two attached hydrogens (primary N) is 1. The van der Waals surface area contributed by atoms with Crippen molar-refractivity contribution < 1.29 is 28.7 Å². The van der Waals surface area contributed by atoms with Crippen LogP contribution in [-0.2, 0) is 22.3 Å². The van der Waals surface area contributed by atoms with Crippen molar-refractivity contribution in [3.63, 3.8) is 0 Å². The number of carbonyl (C=O) groups excluding carboxylic acids is 4. The molecule has 2 saturated heterocycles. The second-order valence-electron chi connectivity index (χ2n) is 15.2. The average Bonchev–Trinajstić information content (AvgIpc) is 3.37. The zero-order chi connectivity index (χ0) is 33.7. The zero-order valence-corrected chi connectivity index (χ0v) is 29.4. The summed E-state index contributed by atoms with van der Waals surface area (Å²) in [4.78, 5) is 53.5. The van der Waals surface area contributed by atoms with Crippen LogP contribution in [0.1, 0.15) is 99.1 Å². The maximum atomic E-state index is 12.9. The number of nitrogen functional groups attached to an aromatic ring is 1. The Bertz CT molecular complexity index is 1420. The van der Waals surface area contributed by atoms with Crippen LogP contribution in [-0.4, -0.2) is 70.9 Å². The number of ketones is 2. The molecule has 2 spiro atoms. The van der Waals surface area contributed by atoms with E-state index in [-0.39, 0.29) is 34.6 Å². The molecule has 2 aromatic carbocycles. The first-order valence-corrected chi connectivity index (χ1v) is 16.9. The summed E-state index contributed by atoms with van der Waals surface area (Å²) in [7, 11) is 0. The number of amides is 2. The van der Waals surface area contributed by atoms with E-state index in [1.165, 1.54) is 0 Å². The molecule has 2 aliphatic carbocycles. The van der Waals surface area contributed by atoms with E-state index in [2.05, 4.69) is 15.9 Å². The third kappa shape index (κ3) is 7.11. The number of nitrogens with zero attached hydrogens (tertiary/aromatic N) is 2. The largest absolute Gasteiger partial charge is 0.444 e. The molecular weight excluding hydrogens is 650 g/mol. The number of hydrogen-bond acceptors (Lipinski definition) is 7. The number of Topliss-reactive ketones (excluding diaryl/α,β-unsaturated/α-hetero) is 2. The topological polar surface area (TPSA) is 119 Å². The van der Waals surface area contributed by atoms with E-state index in [0.717, 1.165) is 39.6 Å². The summed E-state index contributed by atoms with van der Waals surface area (Å²) >= 11 is 3.44. The summed E-state index contributed by atoms with van der Waals surface area (Å²) in [5.41, 5.74) is 8.56. The van der Waals surface area contributed by atoms with Gasteiger partial charge in [0.25, 0.3) is 0 Å². The van der Waals surface area contributed by atoms with E-state index < -0.39 is 11.2 Å². The summed E-state index contributed by atoms with van der Waals surface area (Å²) in [6.07, 6.45) is 3.74. The highest BCUT2D eigenvalue weighted by Crippen LogP contribution is 2.46. The number of halogens is 1. The average molecular weight is 697 g/mol. The monoisotopic (exact) mass is 695 g/mol. The molecule has 6 rings (SSSR count). The highest BCUT2D eigenvalue weighted by Gasteiger charge is 2.49. The molecule has 9 nitrogen and oxygen atoms in total. The fourth-order valence-electron chi connectivity index (χ4n) is 7.03. The normalized spacial score (nSPS) is 19.8. The molecular formula is C36H46BrN3O6. The van der Waals surface area contributed by atoms with Crippen molar-refractivity contribution in [1.29, 1.82) is 0 Å². The number of ether oxygens (including phenoxy) is 2. The standard InChI is InChI=1S/C18H22BrNO3.C18H24N2O3/c2*1-17(2,3)23-16(22)20-8-6-18(7-9-20)11-12-4-5-13(19)10-14(12)15(18)21/h4-5,10H,6-9,11H2,1-3H3;4-5,10H,6-9,11,19H2,1-3H3. The molecule has 10 heteroatoms. The predicted octanol–water partition coefficient (Wildman–Crippen LogP) is 7.23. The third-order valence-corrected chi connectivity index (χ3v) is 9.95. The number of carbonyl (C=O) groups is 4. The predicted molar refractivity (Wildman–Crippen MR) is 180 cm³/mol. The highest BCUT2D eigenvalue weighted by atomic mass is 79.9. The number of anilines is 1. The van der Waals surface area contributed by atoms with Crippen molar-refractivity contribution in [2.24, 2.45) is 10.8 Å². The summed E-state index contributed by atoms with van der Waals surface area (Å²) in [5.74, 6) is 0.418. The maximum absolute atomic E-state index is 12.9. The molecule has 0 aromatic heterocycles. The van der Waals surface area contributed by atoms with E-state index in [1.807, 2.05) is 71.9 Å². The van der Waals surface area contributed by atoms with Crippen LogP contribution < -0.4 is 5.73 Å². The number of benzene rings is 2. The first-order chi connectivity index (χ1) is 21.4. The maximum Gasteiger partial charge on any atom is 0.410 e. The molecule has 0 radical (unpaired) electrons. The Morgan fingerprint density at radius 1 is 0.696 bits per heavy atom. The Morgan fingerprint density at radius 3 is 1.50 bits per heavy atom. The van der Waals surface area contributed by atoms with Crippen LogP contribution in [0.25, 0.3) is 0 Å². The number of likely N-dealkylation sites (tertiary alicyclic amines) is 2. The number of piperidine rings is 2. The van der Waals surface area contributed by atoms with Crippen molar-refractivity contribution >= 4 is 45.4 Å². The van der Waals surface area contributed by atoms with Crippen LogP contribution in [0.5, 0.6) is 0 Å². The molecule has 2 fully saturated rings. The molecule has 4 aliphatic rings. The molecule has 46 heavy (non-hydrogen) atoms. The fraction of sp³-hybridized carbons (Fsp3) is 0.556. The number of rotatable bonds is 0. The second-order valence-corrected chi connectivity index (χ2v) is 16.1. The van der Waals surface area contributed by atoms with Crippen molar-refractivity contribution in [2.75, 3.05) is 31.9 Å². The van der Waals surface area contributed by atoms with Gasteiger partial charge in [0.15, 0.2) is 11.6 Å². The molecule has 2 N–H and O–H groups in total. The van der Waals surface area contributed by atoms with E-state index in [1.54, 1.807) is 15.9 Å². The zero-order valence-electron chi connectivity index (χ0n) is 27.8. The lowest BCUT2D eigenvalue weighted by atomic mass is 9.75. The Morgan fingerprint density at radius 2 is 1.09 bits per heavy atom. The van der Waals surface area contributed by atoms with Gasteiger partial charge in [-0.2, -0.15) is 0 Å². The highest BCUT2D eigenvalue weighted by molar-refractivity contribution is 9.10. The first kappa shape index (κ1) is 33.9. The lowest BCUT2D eigenvalue weighted by molar-refractivity contribution is 0.0108. The summed E-state index contributed by atoms with van der Waals surface area (Å²) in [6.45, 7) is 13.5. The molecule has 0 bridgehead atoms. The molecule has 0 saturated carbocycles. The minimum absolute atomic E-state index is 0.184. The number of hydrogen-bond donors (Lipinski definition) is 1. The van der Waals surface area contributed by atoms with Crippen molar-refractivity contribution in [2.45, 2.75) is 91.3 Å². The Kier molecular flexibility index (Phi) is 9.09. The van der Waals surface area contributed by atoms with Crippen molar-refractivity contribution in [3.05, 3.63) is 63.1 Å². The minimum atomic E-state index is -0.497. The molecule has 2 amide bonds. The van der Waals surface area contributed by atoms with Gasteiger partial charge in [-0.05, 0) is 115 Å². The Labute approximate surface area is 280 Å². The molecule has 2 aromatic rings. The quantitative estimate of drug-likeness (QED) is 0.289. The third-order valence-electron chi connectivity index (χ3n) is 9.46. The Balaban J connectivity index is 0.000000181. The van der Waals surface area contributed by atoms with Gasteiger partial charge in [0.1, 0.15) is 11.2 Å². The van der Waals surface area contributed by atoms with Gasteiger partial charge in [0.05, 0.1) is 0 Å². The van der Waals surface area contributed by atoms with E-state index in [9.17, 15) is 19.2 Å². The van der Waals surface area contributed by atoms with Gasteiger partial charge >= 0.3 is 12.2 Å². The summed E-state index contributed by atoms with van der Waals surface area (Å²) < 4.78 is 11.8. The second kappa shape index (κ2) is 12.3. The fourth-order valence-corrected chi connectivity index (χ4v) is 7.39. The minimum Gasteiger partial charge on any atom is -0.444 e. The van der Waals surface area contributed by atoms with Crippen LogP contribution in [0, 0.1) is 10.8 Å². The van der Waals surface area contributed by atoms with Gasteiger partial charge in [-0.1, -0.05) is 28.1 Å². The molecule has 0 atom stereocenters. The van der Waals surface area contributed by atoms with E-state index in [0.29, 0.717) is 57.5 Å². The SMILES string of the molecule is CC(C)(C)OC(=O)N1CCC2(CC1)Cc1ccc(Br)cc1C2=O.CC(C)(C)OC(=O)N1CCC2(CC1)Cc1ccc(N)cc1C2=O. The van der Waals surface area contributed by atoms with Gasteiger partial charge in [-0.25, -0.2) is 9.59 Å². The summed E-state index contributed by atoms with van der Waals surface area (Å²) in [5, 5.41) is 0. The van der Waals surface area contributed by atoms with Crippen LogP contribution >= 0.6 is 15.9 Å².